The molecule has 2 aliphatic rings. The van der Waals surface area contributed by atoms with Gasteiger partial charge in [-0.2, -0.15) is 0 Å². The third kappa shape index (κ3) is 3.54. The summed E-state index contributed by atoms with van der Waals surface area (Å²) in [5.74, 6) is 0. The first kappa shape index (κ1) is 26.5. The Labute approximate surface area is 274 Å². The van der Waals surface area contributed by atoms with Crippen molar-refractivity contribution in [3.05, 3.63) is 156 Å². The van der Waals surface area contributed by atoms with Crippen LogP contribution in [0.1, 0.15) is 36.7 Å². The molecule has 0 spiro atoms. The molecule has 8 aromatic rings. The SMILES string of the molecule is CN1c2ccccc2N=C(c2ccc3c(c2)C(C)(C)c2ccccc2-3)C1n1c2ccc3ccccc3c2c2c3ccccc3ccc21. The van der Waals surface area contributed by atoms with E-state index in [-0.39, 0.29) is 11.6 Å². The number of rotatable bonds is 2. The van der Waals surface area contributed by atoms with Gasteiger partial charge in [-0.1, -0.05) is 123 Å². The predicted molar refractivity (Wildman–Crippen MR) is 199 cm³/mol. The summed E-state index contributed by atoms with van der Waals surface area (Å²) >= 11 is 0. The molecule has 224 valence electrons. The van der Waals surface area contributed by atoms with Gasteiger partial charge < -0.3 is 9.47 Å². The van der Waals surface area contributed by atoms with E-state index in [0.29, 0.717) is 0 Å². The zero-order valence-electron chi connectivity index (χ0n) is 26.7. The van der Waals surface area contributed by atoms with Crippen molar-refractivity contribution in [3.63, 3.8) is 0 Å². The summed E-state index contributed by atoms with van der Waals surface area (Å²) in [5.41, 5.74) is 12.1. The first-order valence-electron chi connectivity index (χ1n) is 16.5. The molecule has 3 nitrogen and oxygen atoms in total. The average Bonchev–Trinajstić information content (AvgIpc) is 3.57. The molecule has 1 aromatic heterocycles. The van der Waals surface area contributed by atoms with Crippen molar-refractivity contribution in [3.8, 4) is 11.1 Å². The molecule has 0 fully saturated rings. The molecule has 1 atom stereocenters. The van der Waals surface area contributed by atoms with Gasteiger partial charge in [0.15, 0.2) is 6.17 Å². The third-order valence-corrected chi connectivity index (χ3v) is 10.8. The average molecular weight is 604 g/mol. The normalized spacial score (nSPS) is 16.4. The summed E-state index contributed by atoms with van der Waals surface area (Å²) in [7, 11) is 2.23. The van der Waals surface area contributed by atoms with Crippen LogP contribution in [0.2, 0.25) is 0 Å². The molecule has 10 rings (SSSR count). The number of anilines is 1. The van der Waals surface area contributed by atoms with E-state index in [4.69, 9.17) is 4.99 Å². The highest BCUT2D eigenvalue weighted by molar-refractivity contribution is 6.28. The van der Waals surface area contributed by atoms with Crippen molar-refractivity contribution in [2.45, 2.75) is 25.4 Å². The minimum Gasteiger partial charge on any atom is -0.347 e. The molecule has 47 heavy (non-hydrogen) atoms. The Morgan fingerprint density at radius 1 is 0.574 bits per heavy atom. The number of fused-ring (bicyclic) bond motifs is 11. The number of nitrogens with zero attached hydrogens (tertiary/aromatic N) is 3. The Morgan fingerprint density at radius 3 is 1.89 bits per heavy atom. The first-order chi connectivity index (χ1) is 23.0. The predicted octanol–water partition coefficient (Wildman–Crippen LogP) is 11.2. The lowest BCUT2D eigenvalue weighted by Crippen LogP contribution is -2.38. The number of likely N-dealkylation sites (N-methyl/N-ethyl adjacent to an activating group) is 1. The standard InChI is InChI=1S/C44H33N3/c1-44(2)34-17-9-8-16-32(34)33-23-20-29(26-35(33)44)42-43(46(3)37-19-11-10-18-36(37)45-42)47-38-24-21-27-12-4-6-14-30(27)40(38)41-31-15-7-5-13-28(31)22-25-39(41)47/h4-26,43H,1-3H3. The van der Waals surface area contributed by atoms with Crippen LogP contribution in [0.15, 0.2) is 145 Å². The summed E-state index contributed by atoms with van der Waals surface area (Å²) in [6.45, 7) is 4.71. The van der Waals surface area contributed by atoms with E-state index in [1.807, 2.05) is 0 Å². The Hall–Kier alpha value is -5.67. The van der Waals surface area contributed by atoms with Gasteiger partial charge >= 0.3 is 0 Å². The maximum atomic E-state index is 5.52. The Morgan fingerprint density at radius 2 is 1.17 bits per heavy atom. The van der Waals surface area contributed by atoms with E-state index in [2.05, 4.69) is 170 Å². The largest absolute Gasteiger partial charge is 0.347 e. The molecule has 0 amide bonds. The van der Waals surface area contributed by atoms with Gasteiger partial charge in [0.25, 0.3) is 0 Å². The fraction of sp³-hybridized carbons (Fsp3) is 0.114. The van der Waals surface area contributed by atoms with Crippen LogP contribution in [-0.2, 0) is 5.41 Å². The van der Waals surface area contributed by atoms with Crippen LogP contribution in [0, 0.1) is 0 Å². The second-order valence-electron chi connectivity index (χ2n) is 13.6. The first-order valence-corrected chi connectivity index (χ1v) is 16.5. The maximum Gasteiger partial charge on any atom is 0.150 e. The molecule has 7 aromatic carbocycles. The topological polar surface area (TPSA) is 20.5 Å². The summed E-state index contributed by atoms with van der Waals surface area (Å²) in [5, 5.41) is 7.66. The highest BCUT2D eigenvalue weighted by atomic mass is 15.3. The van der Waals surface area contributed by atoms with Gasteiger partial charge in [-0.25, -0.2) is 4.99 Å². The molecule has 0 bridgehead atoms. The maximum absolute atomic E-state index is 5.52. The molecule has 1 aliphatic heterocycles. The van der Waals surface area contributed by atoms with Crippen molar-refractivity contribution in [1.82, 2.24) is 4.57 Å². The number of hydrogen-bond acceptors (Lipinski definition) is 2. The van der Waals surface area contributed by atoms with Crippen LogP contribution in [0.4, 0.5) is 11.4 Å². The van der Waals surface area contributed by atoms with Crippen LogP contribution in [0.3, 0.4) is 0 Å². The summed E-state index contributed by atoms with van der Waals surface area (Å²) < 4.78 is 2.55. The van der Waals surface area contributed by atoms with E-state index < -0.39 is 0 Å². The third-order valence-electron chi connectivity index (χ3n) is 10.8. The zero-order chi connectivity index (χ0) is 31.4. The second kappa shape index (κ2) is 9.43. The fourth-order valence-electron chi connectivity index (χ4n) is 8.57. The number of benzene rings is 7. The molecule has 0 saturated carbocycles. The van der Waals surface area contributed by atoms with Crippen LogP contribution >= 0.6 is 0 Å². The molecule has 0 radical (unpaired) electrons. The van der Waals surface area contributed by atoms with Gasteiger partial charge in [-0.15, -0.1) is 0 Å². The summed E-state index contributed by atoms with van der Waals surface area (Å²) in [6, 6.07) is 51.2. The molecular weight excluding hydrogens is 571 g/mol. The van der Waals surface area contributed by atoms with Gasteiger partial charge in [0, 0.05) is 28.8 Å². The highest BCUT2D eigenvalue weighted by Gasteiger charge is 2.38. The lowest BCUT2D eigenvalue weighted by molar-refractivity contribution is 0.653. The van der Waals surface area contributed by atoms with Crippen molar-refractivity contribution in [1.29, 1.82) is 0 Å². The van der Waals surface area contributed by atoms with E-state index in [1.165, 1.54) is 65.6 Å². The molecule has 2 heterocycles. The monoisotopic (exact) mass is 603 g/mol. The molecule has 1 unspecified atom stereocenters. The highest BCUT2D eigenvalue weighted by Crippen LogP contribution is 2.50. The number of hydrogen-bond donors (Lipinski definition) is 0. The lowest BCUT2D eigenvalue weighted by Gasteiger charge is -2.37. The summed E-state index contributed by atoms with van der Waals surface area (Å²) in [6.07, 6.45) is -0.169. The van der Waals surface area contributed by atoms with Crippen LogP contribution < -0.4 is 4.90 Å². The van der Waals surface area contributed by atoms with Crippen molar-refractivity contribution in [2.75, 3.05) is 11.9 Å². The molecule has 1 aliphatic carbocycles. The molecule has 0 saturated heterocycles. The van der Waals surface area contributed by atoms with Gasteiger partial charge in [0.05, 0.1) is 28.1 Å². The van der Waals surface area contributed by atoms with Gasteiger partial charge in [-0.05, 0) is 74.1 Å². The Kier molecular flexibility index (Phi) is 5.33. The van der Waals surface area contributed by atoms with E-state index in [9.17, 15) is 0 Å². The van der Waals surface area contributed by atoms with E-state index in [0.717, 1.165) is 22.6 Å². The summed E-state index contributed by atoms with van der Waals surface area (Å²) in [4.78, 5) is 7.94. The van der Waals surface area contributed by atoms with Crippen molar-refractivity contribution >= 4 is 60.4 Å². The number of aromatic nitrogens is 1. The van der Waals surface area contributed by atoms with Crippen LogP contribution in [0.25, 0.3) is 54.5 Å². The van der Waals surface area contributed by atoms with Gasteiger partial charge in [-0.3, -0.25) is 0 Å². The van der Waals surface area contributed by atoms with Crippen LogP contribution in [-0.4, -0.2) is 17.3 Å². The minimum atomic E-state index is -0.169. The van der Waals surface area contributed by atoms with Crippen LogP contribution in [0.5, 0.6) is 0 Å². The minimum absolute atomic E-state index is 0.0961. The Bertz CT molecular complexity index is 2540. The lowest BCUT2D eigenvalue weighted by atomic mass is 9.81. The molecule has 3 heteroatoms. The molecule has 0 N–H and O–H groups in total. The van der Waals surface area contributed by atoms with Crippen molar-refractivity contribution < 1.29 is 0 Å². The van der Waals surface area contributed by atoms with Gasteiger partial charge in [0.2, 0.25) is 0 Å². The van der Waals surface area contributed by atoms with Gasteiger partial charge in [0.1, 0.15) is 0 Å². The Balaban J connectivity index is 1.30. The zero-order valence-corrected chi connectivity index (χ0v) is 26.7. The molecular formula is C44H33N3. The fourth-order valence-corrected chi connectivity index (χ4v) is 8.57. The quantitative estimate of drug-likeness (QED) is 0.192. The van der Waals surface area contributed by atoms with E-state index >= 15 is 0 Å². The number of para-hydroxylation sites is 2. The van der Waals surface area contributed by atoms with E-state index in [1.54, 1.807) is 0 Å². The van der Waals surface area contributed by atoms with Crippen molar-refractivity contribution in [2.24, 2.45) is 4.99 Å². The smallest absolute Gasteiger partial charge is 0.150 e. The number of aliphatic imine (C=N–C) groups is 1. The second-order valence-corrected chi connectivity index (χ2v) is 13.6.